The number of ether oxygens (including phenoxy) is 2. The van der Waals surface area contributed by atoms with Crippen LogP contribution in [0, 0.1) is 0 Å². The molecule has 4 unspecified atom stereocenters. The number of esters is 1. The van der Waals surface area contributed by atoms with E-state index in [0.717, 1.165) is 0 Å². The van der Waals surface area contributed by atoms with Gasteiger partial charge < -0.3 is 19.7 Å². The maximum absolute atomic E-state index is 12.0. The first-order valence-corrected chi connectivity index (χ1v) is 6.83. The number of rotatable bonds is 5. The Kier molecular flexibility index (Phi) is 5.67. The molecule has 1 fully saturated rings. The third-order valence-electron chi connectivity index (χ3n) is 3.42. The Morgan fingerprint density at radius 1 is 1.39 bits per heavy atom. The molecule has 1 heterocycles. The molecule has 2 rings (SSSR count). The Labute approximate surface area is 131 Å². The zero-order valence-electron chi connectivity index (χ0n) is 12.0. The number of benzene rings is 1. The van der Waals surface area contributed by atoms with Crippen LogP contribution in [-0.2, 0) is 14.3 Å². The molecule has 9 nitrogen and oxygen atoms in total. The number of carbonyl (C=O) groups is 2. The van der Waals surface area contributed by atoms with Crippen LogP contribution in [0.25, 0.3) is 10.4 Å². The average Bonchev–Trinajstić information content (AvgIpc) is 2.58. The lowest BCUT2D eigenvalue weighted by molar-refractivity contribution is -0.182. The van der Waals surface area contributed by atoms with Gasteiger partial charge in [-0.3, -0.25) is 4.79 Å². The molecule has 0 spiro atoms. The first kappa shape index (κ1) is 16.9. The van der Waals surface area contributed by atoms with Crippen LogP contribution in [0.4, 0.5) is 0 Å². The quantitative estimate of drug-likeness (QED) is 0.198. The lowest BCUT2D eigenvalue weighted by Gasteiger charge is -2.36. The topological polar surface area (TPSA) is 142 Å². The van der Waals surface area contributed by atoms with Crippen molar-refractivity contribution in [1.29, 1.82) is 0 Å². The average molecular weight is 321 g/mol. The fourth-order valence-corrected chi connectivity index (χ4v) is 2.21. The minimum Gasteiger partial charge on any atom is -0.453 e. The van der Waals surface area contributed by atoms with Gasteiger partial charge in [-0.2, -0.15) is 0 Å². The number of azide groups is 1. The van der Waals surface area contributed by atoms with E-state index in [1.54, 1.807) is 18.2 Å². The molecule has 0 aromatic heterocycles. The van der Waals surface area contributed by atoms with Crippen LogP contribution in [0.5, 0.6) is 0 Å². The van der Waals surface area contributed by atoms with Crippen molar-refractivity contribution in [3.63, 3.8) is 0 Å². The minimum absolute atomic E-state index is 0.137. The lowest BCUT2D eigenvalue weighted by Crippen LogP contribution is -2.55. The summed E-state index contributed by atoms with van der Waals surface area (Å²) in [5.41, 5.74) is 8.67. The second-order valence-corrected chi connectivity index (χ2v) is 4.88. The van der Waals surface area contributed by atoms with Crippen molar-refractivity contribution in [2.45, 2.75) is 24.4 Å². The molecule has 9 heteroatoms. The smallest absolute Gasteiger partial charge is 0.380 e. The summed E-state index contributed by atoms with van der Waals surface area (Å²) in [6, 6.07) is 6.78. The van der Waals surface area contributed by atoms with E-state index >= 15 is 0 Å². The summed E-state index contributed by atoms with van der Waals surface area (Å²) in [5.74, 6) is -2.07. The Morgan fingerprint density at radius 2 is 2.09 bits per heavy atom. The van der Waals surface area contributed by atoms with Crippen LogP contribution < -0.4 is 0 Å². The SMILES string of the molecule is [N-]=[N+]=NC1COC(CO)C(O)C1OC(=O)C(=O)c1ccccc1. The molecule has 23 heavy (non-hydrogen) atoms. The summed E-state index contributed by atoms with van der Waals surface area (Å²) >= 11 is 0. The third-order valence-corrected chi connectivity index (χ3v) is 3.42. The maximum Gasteiger partial charge on any atom is 0.380 e. The van der Waals surface area contributed by atoms with E-state index in [1.807, 2.05) is 0 Å². The van der Waals surface area contributed by atoms with E-state index in [-0.39, 0.29) is 12.2 Å². The standard InChI is InChI=1S/C14H15N3O6/c15-17-16-9-7-22-10(6-18)12(20)13(9)23-14(21)11(19)8-4-2-1-3-5-8/h1-5,9-10,12-13,18,20H,6-7H2. The normalized spacial score (nSPS) is 26.9. The van der Waals surface area contributed by atoms with E-state index in [9.17, 15) is 14.7 Å². The fraction of sp³-hybridized carbons (Fsp3) is 0.429. The van der Waals surface area contributed by atoms with E-state index in [0.29, 0.717) is 0 Å². The number of hydrogen-bond acceptors (Lipinski definition) is 7. The first-order valence-electron chi connectivity index (χ1n) is 6.83. The summed E-state index contributed by atoms with van der Waals surface area (Å²) in [6.45, 7) is -0.658. The van der Waals surface area contributed by atoms with Gasteiger partial charge in [0.25, 0.3) is 5.78 Å². The number of hydrogen-bond donors (Lipinski definition) is 2. The van der Waals surface area contributed by atoms with Gasteiger partial charge in [-0.05, 0) is 5.53 Å². The third kappa shape index (κ3) is 3.85. The maximum atomic E-state index is 12.0. The van der Waals surface area contributed by atoms with Gasteiger partial charge in [0.1, 0.15) is 24.4 Å². The Balaban J connectivity index is 2.14. The zero-order chi connectivity index (χ0) is 16.8. The molecule has 1 aromatic rings. The van der Waals surface area contributed by atoms with Gasteiger partial charge in [-0.15, -0.1) is 0 Å². The van der Waals surface area contributed by atoms with Crippen molar-refractivity contribution in [2.24, 2.45) is 5.11 Å². The minimum atomic E-state index is -1.42. The molecular formula is C14H15N3O6. The van der Waals surface area contributed by atoms with Gasteiger partial charge in [-0.1, -0.05) is 35.4 Å². The van der Waals surface area contributed by atoms with E-state index < -0.39 is 42.7 Å². The van der Waals surface area contributed by atoms with Gasteiger partial charge >= 0.3 is 5.97 Å². The van der Waals surface area contributed by atoms with Crippen molar-refractivity contribution in [3.8, 4) is 0 Å². The van der Waals surface area contributed by atoms with Gasteiger partial charge in [0.2, 0.25) is 0 Å². The van der Waals surface area contributed by atoms with Crippen molar-refractivity contribution in [2.75, 3.05) is 13.2 Å². The van der Waals surface area contributed by atoms with Crippen LogP contribution in [0.1, 0.15) is 10.4 Å². The van der Waals surface area contributed by atoms with Crippen molar-refractivity contribution in [1.82, 2.24) is 0 Å². The van der Waals surface area contributed by atoms with Crippen LogP contribution in [-0.4, -0.2) is 59.5 Å². The monoisotopic (exact) mass is 321 g/mol. The van der Waals surface area contributed by atoms with Crippen LogP contribution in [0.2, 0.25) is 0 Å². The molecule has 1 saturated heterocycles. The molecule has 1 aliphatic rings. The first-order chi connectivity index (χ1) is 11.1. The summed E-state index contributed by atoms with van der Waals surface area (Å²) in [4.78, 5) is 26.6. The number of nitrogens with zero attached hydrogens (tertiary/aromatic N) is 3. The molecule has 0 aliphatic carbocycles. The largest absolute Gasteiger partial charge is 0.453 e. The molecule has 1 aromatic carbocycles. The number of carbonyl (C=O) groups excluding carboxylic acids is 2. The number of Topliss-reactive ketones (excluding diaryl/α,β-unsaturated/α-hetero) is 1. The molecule has 1 aliphatic heterocycles. The van der Waals surface area contributed by atoms with E-state index in [4.69, 9.17) is 20.1 Å². The van der Waals surface area contributed by atoms with Crippen LogP contribution >= 0.6 is 0 Å². The molecule has 4 atom stereocenters. The molecule has 0 bridgehead atoms. The second kappa shape index (κ2) is 7.70. The predicted octanol–water partition coefficient (Wildman–Crippen LogP) is 0.212. The zero-order valence-corrected chi connectivity index (χ0v) is 12.0. The number of aliphatic hydroxyl groups excluding tert-OH is 2. The molecule has 122 valence electrons. The Bertz CT molecular complexity index is 616. The van der Waals surface area contributed by atoms with E-state index in [1.165, 1.54) is 12.1 Å². The Hall–Kier alpha value is -2.45. The van der Waals surface area contributed by atoms with Crippen molar-refractivity contribution >= 4 is 11.8 Å². The predicted molar refractivity (Wildman–Crippen MR) is 76.4 cm³/mol. The lowest BCUT2D eigenvalue weighted by atomic mass is 9.98. The molecular weight excluding hydrogens is 306 g/mol. The van der Waals surface area contributed by atoms with Gasteiger partial charge in [0.05, 0.1) is 13.2 Å². The van der Waals surface area contributed by atoms with Crippen LogP contribution in [0.3, 0.4) is 0 Å². The van der Waals surface area contributed by atoms with Crippen LogP contribution in [0.15, 0.2) is 35.4 Å². The van der Waals surface area contributed by atoms with Gasteiger partial charge in [0, 0.05) is 10.5 Å². The fourth-order valence-electron chi connectivity index (χ4n) is 2.21. The highest BCUT2D eigenvalue weighted by Crippen LogP contribution is 2.21. The van der Waals surface area contributed by atoms with Crippen molar-refractivity contribution in [3.05, 3.63) is 46.3 Å². The molecule has 2 N–H and O–H groups in total. The summed E-state index contributed by atoms with van der Waals surface area (Å²) in [6.07, 6.45) is -3.70. The highest BCUT2D eigenvalue weighted by atomic mass is 16.6. The van der Waals surface area contributed by atoms with Gasteiger partial charge in [-0.25, -0.2) is 4.79 Å². The highest BCUT2D eigenvalue weighted by molar-refractivity contribution is 6.40. The highest BCUT2D eigenvalue weighted by Gasteiger charge is 2.42. The van der Waals surface area contributed by atoms with Crippen molar-refractivity contribution < 1.29 is 29.3 Å². The summed E-state index contributed by atoms with van der Waals surface area (Å²) in [7, 11) is 0. The number of ketones is 1. The van der Waals surface area contributed by atoms with Gasteiger partial charge in [0.15, 0.2) is 0 Å². The van der Waals surface area contributed by atoms with E-state index in [2.05, 4.69) is 10.0 Å². The molecule has 0 radical (unpaired) electrons. The summed E-state index contributed by atoms with van der Waals surface area (Å²) < 4.78 is 10.1. The summed E-state index contributed by atoms with van der Waals surface area (Å²) in [5, 5.41) is 22.6. The number of aliphatic hydroxyl groups is 2. The Morgan fingerprint density at radius 3 is 2.70 bits per heavy atom. The molecule has 0 amide bonds. The second-order valence-electron chi connectivity index (χ2n) is 4.88. The molecule has 0 saturated carbocycles.